The second-order valence-electron chi connectivity index (χ2n) is 7.02. The zero-order valence-corrected chi connectivity index (χ0v) is 14.9. The minimum absolute atomic E-state index is 0.902. The summed E-state index contributed by atoms with van der Waals surface area (Å²) in [5.74, 6) is 0. The quantitative estimate of drug-likeness (QED) is 0.364. The van der Waals surface area contributed by atoms with Crippen molar-refractivity contribution in [1.29, 1.82) is 0 Å². The molecule has 27 heavy (non-hydrogen) atoms. The molecule has 6 aromatic rings. The second-order valence-corrected chi connectivity index (χ2v) is 7.02. The van der Waals surface area contributed by atoms with Gasteiger partial charge in [0, 0.05) is 32.6 Å². The Kier molecular flexibility index (Phi) is 2.84. The van der Waals surface area contributed by atoms with Crippen molar-refractivity contribution in [3.8, 4) is 0 Å². The van der Waals surface area contributed by atoms with Gasteiger partial charge < -0.3 is 9.40 Å². The molecule has 2 aromatic heterocycles. The van der Waals surface area contributed by atoms with Gasteiger partial charge in [-0.05, 0) is 53.4 Å². The lowest BCUT2D eigenvalue weighted by Gasteiger charge is -2.03. The minimum Gasteiger partial charge on any atom is -0.456 e. The highest BCUT2D eigenvalue weighted by Crippen LogP contribution is 2.39. The fourth-order valence-corrected chi connectivity index (χ4v) is 4.37. The number of rotatable bonds is 1. The minimum atomic E-state index is 0.902. The third-order valence-electron chi connectivity index (χ3n) is 5.50. The van der Waals surface area contributed by atoms with Crippen molar-refractivity contribution in [2.45, 2.75) is 6.92 Å². The normalized spacial score (nSPS) is 13.4. The Morgan fingerprint density at radius 2 is 1.63 bits per heavy atom. The second kappa shape index (κ2) is 5.24. The van der Waals surface area contributed by atoms with Crippen LogP contribution in [0.1, 0.15) is 6.92 Å². The van der Waals surface area contributed by atoms with Crippen LogP contribution < -0.4 is 5.42 Å². The lowest BCUT2D eigenvalue weighted by atomic mass is 9.98. The molecule has 0 bridgehead atoms. The van der Waals surface area contributed by atoms with E-state index < -0.39 is 0 Å². The number of hydrogen-bond donors (Lipinski definition) is 1. The molecular weight excluding hydrogens is 330 g/mol. The first-order valence-electron chi connectivity index (χ1n) is 9.25. The van der Waals surface area contributed by atoms with Crippen LogP contribution in [0.2, 0.25) is 0 Å². The van der Waals surface area contributed by atoms with Crippen LogP contribution in [-0.4, -0.2) is 4.98 Å². The summed E-state index contributed by atoms with van der Waals surface area (Å²) >= 11 is 0. The monoisotopic (exact) mass is 347 g/mol. The number of aromatic amines is 1. The Morgan fingerprint density at radius 1 is 0.778 bits per heavy atom. The van der Waals surface area contributed by atoms with E-state index in [-0.39, 0.29) is 0 Å². The Morgan fingerprint density at radius 3 is 2.56 bits per heavy atom. The van der Waals surface area contributed by atoms with Gasteiger partial charge in [0.1, 0.15) is 11.0 Å². The fraction of sp³-hybridized carbons (Fsp3) is 0.0400. The van der Waals surface area contributed by atoms with E-state index in [2.05, 4.69) is 71.7 Å². The summed E-state index contributed by atoms with van der Waals surface area (Å²) < 4.78 is 6.27. The predicted octanol–water partition coefficient (Wildman–Crippen LogP) is 6.45. The molecular formula is C25H17NO. The first-order chi connectivity index (χ1) is 13.3. The molecule has 0 saturated carbocycles. The highest BCUT2D eigenvalue weighted by molar-refractivity contribution is 6.31. The van der Waals surface area contributed by atoms with Gasteiger partial charge in [-0.1, -0.05) is 48.6 Å². The van der Waals surface area contributed by atoms with Crippen LogP contribution in [0.25, 0.3) is 60.4 Å². The summed E-state index contributed by atoms with van der Waals surface area (Å²) in [5.41, 5.74) is 4.15. The van der Waals surface area contributed by atoms with Crippen LogP contribution in [-0.2, 0) is 0 Å². The maximum atomic E-state index is 6.27. The van der Waals surface area contributed by atoms with E-state index in [4.69, 9.17) is 4.42 Å². The molecule has 4 aromatic carbocycles. The standard InChI is InChI=1S/C25H17NO/c1-2-3-11-21-18-14-15-7-4-5-8-16(15)17-9-6-10-19-23(17)25-20(26-19)12-13-22(27-21)24(18)25/h2-14,26H,1H3/b3-2-,15-14?,17-16?,18-14?,21-11+. The van der Waals surface area contributed by atoms with Gasteiger partial charge in [-0.25, -0.2) is 0 Å². The third-order valence-corrected chi connectivity index (χ3v) is 5.50. The molecule has 2 heterocycles. The van der Waals surface area contributed by atoms with E-state index in [0.29, 0.717) is 0 Å². The molecule has 0 radical (unpaired) electrons. The first kappa shape index (κ1) is 14.6. The van der Waals surface area contributed by atoms with E-state index in [0.717, 1.165) is 27.4 Å². The summed E-state index contributed by atoms with van der Waals surface area (Å²) in [4.78, 5) is 3.60. The third kappa shape index (κ3) is 1.90. The Balaban J connectivity index is 2.07. The summed E-state index contributed by atoms with van der Waals surface area (Å²) in [7, 11) is 0. The summed E-state index contributed by atoms with van der Waals surface area (Å²) in [6.07, 6.45) is 6.11. The molecule has 2 nitrogen and oxygen atoms in total. The maximum Gasteiger partial charge on any atom is 0.136 e. The van der Waals surface area contributed by atoms with Gasteiger partial charge in [-0.15, -0.1) is 0 Å². The van der Waals surface area contributed by atoms with Crippen molar-refractivity contribution in [1.82, 2.24) is 4.98 Å². The van der Waals surface area contributed by atoms with Gasteiger partial charge in [-0.2, -0.15) is 0 Å². The molecule has 0 aliphatic rings. The van der Waals surface area contributed by atoms with Crippen molar-refractivity contribution in [2.75, 3.05) is 0 Å². The predicted molar refractivity (Wildman–Crippen MR) is 115 cm³/mol. The molecule has 0 atom stereocenters. The molecule has 0 aliphatic heterocycles. The van der Waals surface area contributed by atoms with E-state index in [1.165, 1.54) is 32.3 Å². The van der Waals surface area contributed by atoms with E-state index in [9.17, 15) is 0 Å². The number of aromatic nitrogens is 1. The lowest BCUT2D eigenvalue weighted by Crippen LogP contribution is -1.93. The van der Waals surface area contributed by atoms with Gasteiger partial charge in [0.15, 0.2) is 0 Å². The maximum absolute atomic E-state index is 6.27. The molecule has 0 spiro atoms. The number of allylic oxidation sites excluding steroid dienone is 2. The van der Waals surface area contributed by atoms with Crippen LogP contribution in [0.4, 0.5) is 0 Å². The summed E-state index contributed by atoms with van der Waals surface area (Å²) in [6.45, 7) is 2.02. The number of fused-ring (bicyclic) bond motifs is 2. The molecule has 0 saturated heterocycles. The molecule has 0 unspecified atom stereocenters. The van der Waals surface area contributed by atoms with E-state index in [1.807, 2.05) is 19.1 Å². The van der Waals surface area contributed by atoms with Crippen LogP contribution in [0.5, 0.6) is 0 Å². The van der Waals surface area contributed by atoms with Gasteiger partial charge in [0.2, 0.25) is 0 Å². The smallest absolute Gasteiger partial charge is 0.136 e. The molecule has 0 amide bonds. The van der Waals surface area contributed by atoms with Gasteiger partial charge >= 0.3 is 0 Å². The molecule has 6 rings (SSSR count). The van der Waals surface area contributed by atoms with Gasteiger partial charge in [0.05, 0.1) is 0 Å². The number of H-pyrrole nitrogens is 1. The first-order valence-corrected chi connectivity index (χ1v) is 9.25. The molecule has 1 N–H and O–H groups in total. The highest BCUT2D eigenvalue weighted by atomic mass is 16.3. The number of benzene rings is 3. The molecule has 0 aliphatic carbocycles. The van der Waals surface area contributed by atoms with Crippen LogP contribution in [0.15, 0.2) is 77.2 Å². The van der Waals surface area contributed by atoms with E-state index in [1.54, 1.807) is 0 Å². The van der Waals surface area contributed by atoms with Crippen molar-refractivity contribution >= 4 is 60.4 Å². The van der Waals surface area contributed by atoms with Crippen LogP contribution in [0.3, 0.4) is 0 Å². The number of furan rings is 1. The van der Waals surface area contributed by atoms with Crippen molar-refractivity contribution < 1.29 is 4.42 Å². The largest absolute Gasteiger partial charge is 0.456 e. The zero-order chi connectivity index (χ0) is 18.0. The number of nitrogens with one attached hydrogen (secondary N) is 1. The lowest BCUT2D eigenvalue weighted by molar-refractivity contribution is 0.584. The molecule has 2 heteroatoms. The van der Waals surface area contributed by atoms with Crippen LogP contribution >= 0.6 is 0 Å². The average Bonchev–Trinajstić information content (AvgIpc) is 3.23. The fourth-order valence-electron chi connectivity index (χ4n) is 4.37. The number of hydrogen-bond acceptors (Lipinski definition) is 1. The summed E-state index contributed by atoms with van der Waals surface area (Å²) in [6, 6.07) is 21.6. The van der Waals surface area contributed by atoms with Gasteiger partial charge in [0.25, 0.3) is 0 Å². The summed E-state index contributed by atoms with van der Waals surface area (Å²) in [5, 5.41) is 8.61. The van der Waals surface area contributed by atoms with Gasteiger partial charge in [-0.3, -0.25) is 0 Å². The van der Waals surface area contributed by atoms with Crippen molar-refractivity contribution in [3.63, 3.8) is 0 Å². The van der Waals surface area contributed by atoms with E-state index >= 15 is 0 Å². The van der Waals surface area contributed by atoms with Crippen molar-refractivity contribution in [2.24, 2.45) is 0 Å². The molecule has 128 valence electrons. The Hall–Kier alpha value is -3.52. The molecule has 0 fully saturated rings. The highest BCUT2D eigenvalue weighted by Gasteiger charge is 2.16. The topological polar surface area (TPSA) is 28.9 Å². The van der Waals surface area contributed by atoms with Crippen LogP contribution in [0, 0.1) is 0 Å². The zero-order valence-electron chi connectivity index (χ0n) is 14.9. The van der Waals surface area contributed by atoms with Crippen molar-refractivity contribution in [3.05, 3.63) is 78.2 Å². The average molecular weight is 347 g/mol. The Bertz CT molecular complexity index is 1580. The SMILES string of the molecule is C/C=C\C=c1\oc2ccc3[nH]c4cccc5c6ccccc6cc1c2c3c45. The Labute approximate surface area is 155 Å².